The van der Waals surface area contributed by atoms with E-state index in [0.29, 0.717) is 29.4 Å². The van der Waals surface area contributed by atoms with E-state index in [0.717, 1.165) is 6.42 Å². The number of carbonyl (C=O) groups excluding carboxylic acids is 1. The second kappa shape index (κ2) is 8.50. The molecular formula is C15H19ClN4O3. The van der Waals surface area contributed by atoms with Crippen LogP contribution in [0, 0.1) is 0 Å². The van der Waals surface area contributed by atoms with Gasteiger partial charge in [-0.15, -0.1) is 5.10 Å². The Balaban J connectivity index is 1.86. The first-order valence-corrected chi connectivity index (χ1v) is 7.70. The molecule has 124 valence electrons. The third kappa shape index (κ3) is 5.54. The maximum Gasteiger partial charge on any atom is 0.412 e. The van der Waals surface area contributed by atoms with Gasteiger partial charge in [0.2, 0.25) is 0 Å². The number of aliphatic hydroxyl groups is 1. The zero-order valence-electron chi connectivity index (χ0n) is 12.8. The maximum atomic E-state index is 11.9. The molecule has 2 aromatic rings. The minimum atomic E-state index is -0.588. The molecule has 1 atom stereocenters. The minimum Gasteiger partial charge on any atom is -0.440 e. The summed E-state index contributed by atoms with van der Waals surface area (Å²) in [7, 11) is 0. The van der Waals surface area contributed by atoms with Crippen molar-refractivity contribution in [2.45, 2.75) is 32.4 Å². The number of anilines is 1. The molecular weight excluding hydrogens is 320 g/mol. The lowest BCUT2D eigenvalue weighted by Gasteiger charge is -2.11. The number of aliphatic hydroxyl groups excluding tert-OH is 1. The van der Waals surface area contributed by atoms with Crippen molar-refractivity contribution in [2.75, 3.05) is 11.9 Å². The number of hydrogen-bond donors (Lipinski definition) is 2. The largest absolute Gasteiger partial charge is 0.440 e. The second-order valence-corrected chi connectivity index (χ2v) is 5.46. The van der Waals surface area contributed by atoms with Gasteiger partial charge < -0.3 is 9.84 Å². The summed E-state index contributed by atoms with van der Waals surface area (Å²) in [4.78, 5) is 11.9. The summed E-state index contributed by atoms with van der Waals surface area (Å²) in [6, 6.07) is 6.80. The lowest BCUT2D eigenvalue weighted by Crippen LogP contribution is -2.16. The van der Waals surface area contributed by atoms with Gasteiger partial charge in [-0.1, -0.05) is 22.9 Å². The highest BCUT2D eigenvalue weighted by atomic mass is 35.5. The number of nitrogens with one attached hydrogen (secondary N) is 1. The standard InChI is InChI=1S/C15H19ClN4O3/c1-11(14-10-20(19-18-14)7-2-3-8-21)23-15(22)17-13-6-4-5-12(16)9-13/h4-6,9-11,21H,2-3,7-8H2,1H3,(H,17,22). The van der Waals surface area contributed by atoms with Crippen LogP contribution in [0.25, 0.3) is 0 Å². The van der Waals surface area contributed by atoms with Gasteiger partial charge in [-0.3, -0.25) is 10.00 Å². The molecule has 1 heterocycles. The second-order valence-electron chi connectivity index (χ2n) is 5.02. The quantitative estimate of drug-likeness (QED) is 0.757. The van der Waals surface area contributed by atoms with E-state index in [9.17, 15) is 4.79 Å². The fourth-order valence-electron chi connectivity index (χ4n) is 1.93. The fourth-order valence-corrected chi connectivity index (χ4v) is 2.12. The molecule has 1 aromatic carbocycles. The highest BCUT2D eigenvalue weighted by Gasteiger charge is 2.15. The van der Waals surface area contributed by atoms with Crippen molar-refractivity contribution in [1.82, 2.24) is 15.0 Å². The van der Waals surface area contributed by atoms with Gasteiger partial charge in [0.1, 0.15) is 11.8 Å². The maximum absolute atomic E-state index is 11.9. The van der Waals surface area contributed by atoms with Crippen molar-refractivity contribution in [1.29, 1.82) is 0 Å². The van der Waals surface area contributed by atoms with E-state index in [2.05, 4.69) is 15.6 Å². The molecule has 2 N–H and O–H groups in total. The highest BCUT2D eigenvalue weighted by molar-refractivity contribution is 6.30. The predicted molar refractivity (Wildman–Crippen MR) is 86.3 cm³/mol. The Morgan fingerprint density at radius 2 is 2.30 bits per heavy atom. The summed E-state index contributed by atoms with van der Waals surface area (Å²) in [6.07, 6.45) is 2.14. The summed E-state index contributed by atoms with van der Waals surface area (Å²) < 4.78 is 6.94. The molecule has 1 aromatic heterocycles. The Hall–Kier alpha value is -2.12. The fraction of sp³-hybridized carbons (Fsp3) is 0.400. The Bertz CT molecular complexity index is 647. The topological polar surface area (TPSA) is 89.3 Å². The van der Waals surface area contributed by atoms with Crippen LogP contribution in [0.4, 0.5) is 10.5 Å². The van der Waals surface area contributed by atoms with E-state index in [1.807, 2.05) is 0 Å². The van der Waals surface area contributed by atoms with E-state index < -0.39 is 12.2 Å². The smallest absolute Gasteiger partial charge is 0.412 e. The molecule has 0 spiro atoms. The lowest BCUT2D eigenvalue weighted by atomic mass is 10.3. The van der Waals surface area contributed by atoms with Crippen molar-refractivity contribution in [3.8, 4) is 0 Å². The first-order valence-electron chi connectivity index (χ1n) is 7.32. The Kier molecular flexibility index (Phi) is 6.37. The third-order valence-electron chi connectivity index (χ3n) is 3.12. The number of aryl methyl sites for hydroxylation is 1. The van der Waals surface area contributed by atoms with E-state index in [1.54, 1.807) is 42.1 Å². The van der Waals surface area contributed by atoms with Crippen LogP contribution < -0.4 is 5.32 Å². The summed E-state index contributed by atoms with van der Waals surface area (Å²) in [5.41, 5.74) is 1.12. The van der Waals surface area contributed by atoms with Crippen molar-refractivity contribution in [2.24, 2.45) is 0 Å². The van der Waals surface area contributed by atoms with Crippen molar-refractivity contribution < 1.29 is 14.6 Å². The number of aromatic nitrogens is 3. The number of rotatable bonds is 7. The summed E-state index contributed by atoms with van der Waals surface area (Å²) in [6.45, 7) is 2.54. The zero-order valence-corrected chi connectivity index (χ0v) is 13.5. The monoisotopic (exact) mass is 338 g/mol. The van der Waals surface area contributed by atoms with E-state index in [-0.39, 0.29) is 6.61 Å². The summed E-state index contributed by atoms with van der Waals surface area (Å²) in [5.74, 6) is 0. The van der Waals surface area contributed by atoms with Gasteiger partial charge in [-0.25, -0.2) is 4.79 Å². The number of carbonyl (C=O) groups is 1. The molecule has 0 aliphatic heterocycles. The molecule has 0 radical (unpaired) electrons. The molecule has 0 saturated carbocycles. The molecule has 23 heavy (non-hydrogen) atoms. The minimum absolute atomic E-state index is 0.157. The molecule has 0 aliphatic rings. The van der Waals surface area contributed by atoms with Gasteiger partial charge in [0.25, 0.3) is 0 Å². The van der Waals surface area contributed by atoms with E-state index >= 15 is 0 Å². The number of ether oxygens (including phenoxy) is 1. The van der Waals surface area contributed by atoms with Gasteiger partial charge in [0.05, 0.1) is 6.20 Å². The van der Waals surface area contributed by atoms with Gasteiger partial charge in [0, 0.05) is 23.9 Å². The summed E-state index contributed by atoms with van der Waals surface area (Å²) in [5, 5.41) is 19.9. The molecule has 0 bridgehead atoms. The van der Waals surface area contributed by atoms with Crippen LogP contribution in [0.5, 0.6) is 0 Å². The molecule has 8 heteroatoms. The van der Waals surface area contributed by atoms with Crippen molar-refractivity contribution >= 4 is 23.4 Å². The van der Waals surface area contributed by atoms with Gasteiger partial charge in [-0.2, -0.15) is 0 Å². The van der Waals surface area contributed by atoms with Crippen LogP contribution in [0.15, 0.2) is 30.5 Å². The van der Waals surface area contributed by atoms with Gasteiger partial charge in [0.15, 0.2) is 0 Å². The molecule has 0 fully saturated rings. The predicted octanol–water partition coefficient (Wildman–Crippen LogP) is 3.01. The summed E-state index contributed by atoms with van der Waals surface area (Å²) >= 11 is 5.86. The van der Waals surface area contributed by atoms with Gasteiger partial charge >= 0.3 is 6.09 Å². The first-order chi connectivity index (χ1) is 11.1. The zero-order chi connectivity index (χ0) is 16.7. The molecule has 0 aliphatic carbocycles. The Morgan fingerprint density at radius 1 is 1.48 bits per heavy atom. The molecule has 1 amide bonds. The molecule has 0 saturated heterocycles. The Labute approximate surface area is 139 Å². The van der Waals surface area contributed by atoms with Gasteiger partial charge in [-0.05, 0) is 38.0 Å². The number of hydrogen-bond acceptors (Lipinski definition) is 5. The molecule has 1 unspecified atom stereocenters. The average Bonchev–Trinajstić information content (AvgIpc) is 2.96. The average molecular weight is 339 g/mol. The van der Waals surface area contributed by atoms with Crippen molar-refractivity contribution in [3.63, 3.8) is 0 Å². The van der Waals surface area contributed by atoms with E-state index in [4.69, 9.17) is 21.4 Å². The normalized spacial score (nSPS) is 12.0. The first kappa shape index (κ1) is 17.2. The lowest BCUT2D eigenvalue weighted by molar-refractivity contribution is 0.119. The number of halogens is 1. The van der Waals surface area contributed by atoms with Crippen LogP contribution in [0.3, 0.4) is 0 Å². The van der Waals surface area contributed by atoms with E-state index in [1.165, 1.54) is 0 Å². The Morgan fingerprint density at radius 3 is 3.04 bits per heavy atom. The molecule has 2 rings (SSSR count). The highest BCUT2D eigenvalue weighted by Crippen LogP contribution is 2.18. The number of benzene rings is 1. The van der Waals surface area contributed by atoms with Crippen LogP contribution in [0.1, 0.15) is 31.6 Å². The van der Waals surface area contributed by atoms with Crippen LogP contribution in [0.2, 0.25) is 5.02 Å². The SMILES string of the molecule is CC(OC(=O)Nc1cccc(Cl)c1)c1cn(CCCCO)nn1. The van der Waals surface area contributed by atoms with Crippen molar-refractivity contribution in [3.05, 3.63) is 41.2 Å². The van der Waals surface area contributed by atoms with Crippen LogP contribution in [-0.4, -0.2) is 32.8 Å². The van der Waals surface area contributed by atoms with Crippen LogP contribution >= 0.6 is 11.6 Å². The number of amides is 1. The third-order valence-corrected chi connectivity index (χ3v) is 3.36. The molecule has 7 nitrogen and oxygen atoms in total. The van der Waals surface area contributed by atoms with Crippen LogP contribution in [-0.2, 0) is 11.3 Å². The number of unbranched alkanes of at least 4 members (excludes halogenated alkanes) is 1. The number of nitrogens with zero attached hydrogens (tertiary/aromatic N) is 3.